The Morgan fingerprint density at radius 2 is 1.73 bits per heavy atom. The van der Waals surface area contributed by atoms with Gasteiger partial charge in [-0.15, -0.1) is 0 Å². The van der Waals surface area contributed by atoms with Crippen molar-refractivity contribution < 1.29 is 18.8 Å². The van der Waals surface area contributed by atoms with Gasteiger partial charge in [0.2, 0.25) is 5.91 Å². The molecule has 0 atom stereocenters. The Bertz CT molecular complexity index is 1010. The number of nitrogens with one attached hydrogen (secondary N) is 1. The molecule has 0 spiro atoms. The van der Waals surface area contributed by atoms with Crippen LogP contribution in [-0.2, 0) is 22.7 Å². The van der Waals surface area contributed by atoms with Crippen molar-refractivity contribution in [3.63, 3.8) is 0 Å². The molecule has 0 aliphatic carbocycles. The zero-order valence-corrected chi connectivity index (χ0v) is 13.7. The maximum Gasteiger partial charge on any atom is 0.289 e. The van der Waals surface area contributed by atoms with Crippen molar-refractivity contribution in [2.24, 2.45) is 5.73 Å². The number of fused-ring (bicyclic) bond motifs is 1. The van der Waals surface area contributed by atoms with E-state index in [1.165, 1.54) is 12.3 Å². The van der Waals surface area contributed by atoms with Gasteiger partial charge in [0.1, 0.15) is 12.4 Å². The number of Topliss-reactive ketones (excluding diaryl/α,β-unsaturated/α-hetero) is 1. The number of rotatable bonds is 6. The molecular formula is C19H16FN3O3. The second kappa shape index (κ2) is 7.18. The number of primary amides is 1. The molecule has 0 radical (unpaired) electrons. The third kappa shape index (κ3) is 3.46. The van der Waals surface area contributed by atoms with Crippen molar-refractivity contribution in [3.05, 3.63) is 71.7 Å². The summed E-state index contributed by atoms with van der Waals surface area (Å²) in [6.07, 6.45) is 1.43. The van der Waals surface area contributed by atoms with Crippen molar-refractivity contribution in [2.45, 2.75) is 13.1 Å². The van der Waals surface area contributed by atoms with Gasteiger partial charge in [-0.2, -0.15) is 0 Å². The van der Waals surface area contributed by atoms with Crippen molar-refractivity contribution in [1.29, 1.82) is 0 Å². The predicted molar refractivity (Wildman–Crippen MR) is 93.7 cm³/mol. The summed E-state index contributed by atoms with van der Waals surface area (Å²) in [6, 6.07) is 13.1. The average Bonchev–Trinajstić information content (AvgIpc) is 2.99. The molecule has 0 aliphatic heterocycles. The lowest BCUT2D eigenvalue weighted by Gasteiger charge is -2.08. The SMILES string of the molecule is NC(=O)C(=O)c1cn(CC(=O)NCc2ccccc2F)c2ccccc12. The van der Waals surface area contributed by atoms with E-state index in [9.17, 15) is 18.8 Å². The Hall–Kier alpha value is -3.48. The molecule has 3 aromatic rings. The number of hydrogen-bond donors (Lipinski definition) is 2. The lowest BCUT2D eigenvalue weighted by atomic mass is 10.1. The number of benzene rings is 2. The van der Waals surface area contributed by atoms with Gasteiger partial charge in [0, 0.05) is 29.2 Å². The van der Waals surface area contributed by atoms with Gasteiger partial charge < -0.3 is 15.6 Å². The predicted octanol–water partition coefficient (Wildman–Crippen LogP) is 1.76. The standard InChI is InChI=1S/C19H16FN3O3/c20-15-7-3-1-5-12(15)9-22-17(24)11-23-10-14(18(25)19(21)26)13-6-2-4-8-16(13)23/h1-8,10H,9,11H2,(H2,21,26)(H,22,24). The number of nitrogens with zero attached hydrogens (tertiary/aromatic N) is 1. The van der Waals surface area contributed by atoms with Crippen LogP contribution in [0.5, 0.6) is 0 Å². The minimum atomic E-state index is -1.06. The molecule has 1 aromatic heterocycles. The van der Waals surface area contributed by atoms with Gasteiger partial charge in [-0.05, 0) is 12.1 Å². The van der Waals surface area contributed by atoms with Crippen LogP contribution in [0, 0.1) is 5.82 Å². The molecule has 0 unspecified atom stereocenters. The first-order valence-corrected chi connectivity index (χ1v) is 7.89. The number of carbonyl (C=O) groups excluding carboxylic acids is 3. The Morgan fingerprint density at radius 3 is 2.46 bits per heavy atom. The number of aromatic nitrogens is 1. The van der Waals surface area contributed by atoms with Crippen molar-refractivity contribution >= 4 is 28.5 Å². The summed E-state index contributed by atoms with van der Waals surface area (Å²) in [5.41, 5.74) is 6.23. The van der Waals surface area contributed by atoms with Crippen LogP contribution < -0.4 is 11.1 Å². The van der Waals surface area contributed by atoms with Crippen LogP contribution in [-0.4, -0.2) is 22.2 Å². The molecule has 6 nitrogen and oxygen atoms in total. The zero-order valence-electron chi connectivity index (χ0n) is 13.7. The van der Waals surface area contributed by atoms with Gasteiger partial charge in [-0.3, -0.25) is 14.4 Å². The van der Waals surface area contributed by atoms with Crippen LogP contribution in [0.25, 0.3) is 10.9 Å². The summed E-state index contributed by atoms with van der Waals surface area (Å²) in [5.74, 6) is -2.62. The van der Waals surface area contributed by atoms with Gasteiger partial charge >= 0.3 is 0 Å². The number of para-hydroxylation sites is 1. The minimum absolute atomic E-state index is 0.0534. The molecule has 0 saturated carbocycles. The van der Waals surface area contributed by atoms with Gasteiger partial charge in [0.25, 0.3) is 11.7 Å². The average molecular weight is 353 g/mol. The van der Waals surface area contributed by atoms with E-state index >= 15 is 0 Å². The van der Waals surface area contributed by atoms with Crippen molar-refractivity contribution in [2.75, 3.05) is 0 Å². The largest absolute Gasteiger partial charge is 0.363 e. The number of nitrogens with two attached hydrogens (primary N) is 1. The number of amides is 2. The van der Waals surface area contributed by atoms with Gasteiger partial charge in [-0.1, -0.05) is 36.4 Å². The number of carbonyl (C=O) groups is 3. The van der Waals surface area contributed by atoms with Crippen LogP contribution in [0.15, 0.2) is 54.7 Å². The van der Waals surface area contributed by atoms with E-state index in [2.05, 4.69) is 5.32 Å². The van der Waals surface area contributed by atoms with Crippen LogP contribution >= 0.6 is 0 Å². The summed E-state index contributed by atoms with van der Waals surface area (Å²) in [6.45, 7) is -0.0290. The van der Waals surface area contributed by atoms with E-state index in [4.69, 9.17) is 5.73 Å². The van der Waals surface area contributed by atoms with Crippen LogP contribution in [0.4, 0.5) is 4.39 Å². The highest BCUT2D eigenvalue weighted by Gasteiger charge is 2.19. The van der Waals surface area contributed by atoms with Gasteiger partial charge in [-0.25, -0.2) is 4.39 Å². The summed E-state index contributed by atoms with van der Waals surface area (Å²) in [5, 5.41) is 3.18. The van der Waals surface area contributed by atoms with Crippen molar-refractivity contribution in [1.82, 2.24) is 9.88 Å². The quantitative estimate of drug-likeness (QED) is 0.522. The summed E-state index contributed by atoms with van der Waals surface area (Å²) >= 11 is 0. The molecule has 0 saturated heterocycles. The third-order valence-electron chi connectivity index (χ3n) is 4.00. The first-order valence-electron chi connectivity index (χ1n) is 7.89. The zero-order chi connectivity index (χ0) is 18.7. The Balaban J connectivity index is 1.80. The molecule has 132 valence electrons. The third-order valence-corrected chi connectivity index (χ3v) is 4.00. The van der Waals surface area contributed by atoms with Crippen LogP contribution in [0.3, 0.4) is 0 Å². The lowest BCUT2D eigenvalue weighted by Crippen LogP contribution is -2.27. The molecule has 0 aliphatic rings. The molecule has 0 bridgehead atoms. The van der Waals surface area contributed by atoms with Crippen LogP contribution in [0.2, 0.25) is 0 Å². The first-order chi connectivity index (χ1) is 12.5. The number of halogens is 1. The molecule has 2 aromatic carbocycles. The normalized spacial score (nSPS) is 10.7. The van der Waals surface area contributed by atoms with Crippen LogP contribution in [0.1, 0.15) is 15.9 Å². The Morgan fingerprint density at radius 1 is 1.04 bits per heavy atom. The number of ketones is 1. The molecule has 3 N–H and O–H groups in total. The molecule has 2 amide bonds. The maximum atomic E-state index is 13.6. The fourth-order valence-electron chi connectivity index (χ4n) is 2.74. The topological polar surface area (TPSA) is 94.2 Å². The first kappa shape index (κ1) is 17.3. The molecule has 26 heavy (non-hydrogen) atoms. The Labute approximate surface area is 148 Å². The van der Waals surface area contributed by atoms with E-state index in [0.717, 1.165) is 0 Å². The second-order valence-corrected chi connectivity index (χ2v) is 5.75. The highest BCUT2D eigenvalue weighted by molar-refractivity contribution is 6.44. The van der Waals surface area contributed by atoms with E-state index in [1.54, 1.807) is 47.0 Å². The van der Waals surface area contributed by atoms with Crippen molar-refractivity contribution in [3.8, 4) is 0 Å². The van der Waals surface area contributed by atoms with Gasteiger partial charge in [0.15, 0.2) is 0 Å². The molecule has 3 rings (SSSR count). The smallest absolute Gasteiger partial charge is 0.289 e. The fourth-order valence-corrected chi connectivity index (χ4v) is 2.74. The van der Waals surface area contributed by atoms with Gasteiger partial charge in [0.05, 0.1) is 5.56 Å². The van der Waals surface area contributed by atoms with E-state index < -0.39 is 17.5 Å². The summed E-state index contributed by atoms with van der Waals surface area (Å²) in [4.78, 5) is 35.4. The van der Waals surface area contributed by atoms with E-state index in [-0.39, 0.29) is 24.6 Å². The summed E-state index contributed by atoms with van der Waals surface area (Å²) in [7, 11) is 0. The molecule has 1 heterocycles. The second-order valence-electron chi connectivity index (χ2n) is 5.75. The fraction of sp³-hybridized carbons (Fsp3) is 0.105. The van der Waals surface area contributed by atoms with E-state index in [1.807, 2.05) is 0 Å². The maximum absolute atomic E-state index is 13.6. The molecular weight excluding hydrogens is 337 g/mol. The highest BCUT2D eigenvalue weighted by Crippen LogP contribution is 2.21. The Kier molecular flexibility index (Phi) is 4.79. The minimum Gasteiger partial charge on any atom is -0.363 e. The summed E-state index contributed by atoms with van der Waals surface area (Å²) < 4.78 is 15.2. The van der Waals surface area contributed by atoms with E-state index in [0.29, 0.717) is 16.5 Å². The molecule has 0 fully saturated rings. The molecule has 7 heteroatoms. The monoisotopic (exact) mass is 353 g/mol. The number of hydrogen-bond acceptors (Lipinski definition) is 3. The lowest BCUT2D eigenvalue weighted by molar-refractivity contribution is -0.121. The highest BCUT2D eigenvalue weighted by atomic mass is 19.1.